The molecule has 0 radical (unpaired) electrons. The van der Waals surface area contributed by atoms with E-state index in [0.717, 1.165) is 6.92 Å². The van der Waals surface area contributed by atoms with E-state index in [1.165, 1.54) is 0 Å². The molecule has 0 aliphatic rings. The van der Waals surface area contributed by atoms with Crippen LogP contribution in [-0.4, -0.2) is 344 Å². The summed E-state index contributed by atoms with van der Waals surface area (Å²) in [6.45, 7) is 0.956. The standard InChI is InChI=1S/C16H18O18.C7H12O13P2.6Na.6H/c17-5(18)1-15(31,13(27)28)3-7(21)33-9(11(23)24)10(12(25)26)34-8(22)4-16(32,14(29)30)2-6(19)20;1-3(8)6(11)18-7(12)4(9)2-5(10)19-22(16,17)20-21(13,14)15;;;;;;;;;;;;/h9-10,31-32H,1-4H2,(H,17,18)(H,19,20)(H,23,24)(H,25,26)(H,27,28)(H,29,30);3-4,8-9H,2H2,1H3,(H,16,17)(H2,13,14,15);;;;;;;;;;;;. The van der Waals surface area contributed by atoms with E-state index >= 15 is 0 Å². The van der Waals surface area contributed by atoms with Crippen molar-refractivity contribution in [2.75, 3.05) is 0 Å². The topological polar surface area (TPSA) is 531 Å². The van der Waals surface area contributed by atoms with Crippen LogP contribution in [0.3, 0.4) is 0 Å². The summed E-state index contributed by atoms with van der Waals surface area (Å²) in [7, 11) is -10.9. The second-order valence-corrected chi connectivity index (χ2v) is 13.1. The third kappa shape index (κ3) is 33.9. The second-order valence-electron chi connectivity index (χ2n) is 10.3. The average Bonchev–Trinajstić information content (AvgIpc) is 2.95. The summed E-state index contributed by atoms with van der Waals surface area (Å²) >= 11 is 0. The predicted octanol–water partition coefficient (Wildman–Crippen LogP) is -9.61. The zero-order valence-electron chi connectivity index (χ0n) is 27.4. The van der Waals surface area contributed by atoms with Crippen molar-refractivity contribution < 1.29 is 151 Å². The summed E-state index contributed by atoms with van der Waals surface area (Å²) in [5.41, 5.74) is -6.59. The normalized spacial score (nSPS) is 14.8. The van der Waals surface area contributed by atoms with E-state index in [2.05, 4.69) is 23.0 Å². The monoisotopic (exact) mass is 1010 g/mol. The van der Waals surface area contributed by atoms with E-state index in [4.69, 9.17) is 50.4 Å². The van der Waals surface area contributed by atoms with Crippen LogP contribution in [0.25, 0.3) is 0 Å². The third-order valence-electron chi connectivity index (χ3n) is 5.44. The Labute approximate surface area is 477 Å². The molecule has 7 atom stereocenters. The van der Waals surface area contributed by atoms with Gasteiger partial charge in [-0.05, 0) is 6.92 Å². The molecule has 0 aromatic heterocycles. The van der Waals surface area contributed by atoms with Crippen molar-refractivity contribution in [2.24, 2.45) is 0 Å². The first-order valence-electron chi connectivity index (χ1n) is 13.7. The van der Waals surface area contributed by atoms with Crippen molar-refractivity contribution in [3.8, 4) is 0 Å². The van der Waals surface area contributed by atoms with Crippen LogP contribution in [0, 0.1) is 0 Å². The fourth-order valence-electron chi connectivity index (χ4n) is 3.07. The Bertz CT molecular complexity index is 1620. The van der Waals surface area contributed by atoms with Crippen LogP contribution in [0.15, 0.2) is 0 Å². The van der Waals surface area contributed by atoms with Crippen molar-refractivity contribution in [1.29, 1.82) is 0 Å². The summed E-state index contributed by atoms with van der Waals surface area (Å²) in [4.78, 5) is 148. The molecule has 0 bridgehead atoms. The van der Waals surface area contributed by atoms with Crippen molar-refractivity contribution in [3.05, 3.63) is 0 Å². The van der Waals surface area contributed by atoms with Gasteiger partial charge in [0.2, 0.25) is 12.2 Å². The summed E-state index contributed by atoms with van der Waals surface area (Å²) in [6.07, 6.45) is -17.6. The number of esters is 4. The number of ether oxygens (including phenoxy) is 3. The van der Waals surface area contributed by atoms with Gasteiger partial charge in [0.15, 0.2) is 17.3 Å². The molecule has 0 aromatic carbocycles. The van der Waals surface area contributed by atoms with Gasteiger partial charge in [0, 0.05) is 0 Å². The second kappa shape index (κ2) is 35.6. The van der Waals surface area contributed by atoms with E-state index in [1.807, 2.05) is 0 Å². The first-order chi connectivity index (χ1) is 25.1. The quantitative estimate of drug-likeness (QED) is 0.0157. The van der Waals surface area contributed by atoms with Gasteiger partial charge in [0.1, 0.15) is 6.10 Å². The number of phosphoric acid groups is 2. The molecular weight excluding hydrogens is 972 g/mol. The maximum atomic E-state index is 11.9. The van der Waals surface area contributed by atoms with E-state index in [0.29, 0.717) is 0 Å². The molecule has 330 valence electrons. The minimum atomic E-state index is -5.48. The average molecular weight is 1010 g/mol. The Balaban J connectivity index is -0.000000153. The molecule has 13 N–H and O–H groups in total. The Morgan fingerprint density at radius 3 is 1.11 bits per heavy atom. The maximum absolute atomic E-state index is 11.9. The van der Waals surface area contributed by atoms with E-state index < -0.39 is 149 Å². The molecule has 62 heavy (non-hydrogen) atoms. The molecule has 0 aromatic rings. The Hall–Kier alpha value is 0.510. The van der Waals surface area contributed by atoms with Crippen molar-refractivity contribution in [2.45, 2.75) is 74.6 Å². The number of hydrogen-bond acceptors (Lipinski definition) is 22. The van der Waals surface area contributed by atoms with Gasteiger partial charge >= 0.3 is 259 Å². The number of carbonyl (C=O) groups excluding carboxylic acids is 5. The van der Waals surface area contributed by atoms with Crippen LogP contribution in [0.5, 0.6) is 0 Å². The summed E-state index contributed by atoms with van der Waals surface area (Å²) in [5, 5.41) is 90.7. The van der Waals surface area contributed by atoms with Crippen LogP contribution in [0.2, 0.25) is 0 Å². The molecule has 7 unspecified atom stereocenters. The summed E-state index contributed by atoms with van der Waals surface area (Å²) in [6, 6.07) is 0. The zero-order valence-corrected chi connectivity index (χ0v) is 29.2. The van der Waals surface area contributed by atoms with Gasteiger partial charge in [-0.15, -0.1) is 0 Å². The van der Waals surface area contributed by atoms with E-state index in [1.54, 1.807) is 0 Å². The van der Waals surface area contributed by atoms with Crippen molar-refractivity contribution >= 4 is 259 Å². The summed E-state index contributed by atoms with van der Waals surface area (Å²) in [5.74, 6) is -21.6. The van der Waals surface area contributed by atoms with Gasteiger partial charge in [-0.3, -0.25) is 28.9 Å². The molecule has 0 aliphatic heterocycles. The molecule has 0 spiro atoms. The van der Waals surface area contributed by atoms with Crippen molar-refractivity contribution in [3.63, 3.8) is 0 Å². The molecule has 0 saturated heterocycles. The molecule has 0 rings (SSSR count). The van der Waals surface area contributed by atoms with Crippen LogP contribution in [-0.2, 0) is 84.9 Å². The minimum absolute atomic E-state index is 0. The van der Waals surface area contributed by atoms with Crippen molar-refractivity contribution in [1.82, 2.24) is 0 Å². The molecular formula is C23H36Na6O31P2. The molecule has 0 heterocycles. The predicted molar refractivity (Wildman–Crippen MR) is 199 cm³/mol. The van der Waals surface area contributed by atoms with E-state index in [9.17, 15) is 77.2 Å². The number of hydrogen-bond donors (Lipinski definition) is 13. The fraction of sp³-hybridized carbons (Fsp3) is 0.522. The number of phosphoric ester groups is 1. The zero-order chi connectivity index (χ0) is 44.7. The van der Waals surface area contributed by atoms with E-state index in [-0.39, 0.29) is 177 Å². The van der Waals surface area contributed by atoms with Crippen LogP contribution in [0.4, 0.5) is 0 Å². The van der Waals surface area contributed by atoms with Gasteiger partial charge in [-0.1, -0.05) is 0 Å². The Kier molecular flexibility index (Phi) is 45.7. The molecule has 0 amide bonds. The number of aliphatic hydroxyl groups is 4. The Morgan fingerprint density at radius 1 is 0.548 bits per heavy atom. The fourth-order valence-corrected chi connectivity index (χ4v) is 4.61. The number of carbonyl (C=O) groups is 11. The van der Waals surface area contributed by atoms with Gasteiger partial charge in [0.25, 0.3) is 0 Å². The van der Waals surface area contributed by atoms with Crippen LogP contribution >= 0.6 is 15.6 Å². The van der Waals surface area contributed by atoms with Crippen LogP contribution < -0.4 is 0 Å². The Morgan fingerprint density at radius 2 is 0.871 bits per heavy atom. The molecule has 0 saturated carbocycles. The van der Waals surface area contributed by atoms with Crippen LogP contribution in [0.1, 0.15) is 39.0 Å². The first kappa shape index (κ1) is 79.6. The molecule has 31 nitrogen and oxygen atoms in total. The number of carboxylic acids is 6. The summed E-state index contributed by atoms with van der Waals surface area (Å²) < 4.78 is 40.6. The third-order valence-corrected chi connectivity index (χ3v) is 7.55. The van der Waals surface area contributed by atoms with Gasteiger partial charge in [-0.2, -0.15) is 4.31 Å². The molecule has 0 aliphatic carbocycles. The van der Waals surface area contributed by atoms with Gasteiger partial charge in [-0.25, -0.2) is 37.9 Å². The van der Waals surface area contributed by atoms with Gasteiger partial charge in [0.05, 0.1) is 32.1 Å². The van der Waals surface area contributed by atoms with Gasteiger partial charge < -0.3 is 79.6 Å². The number of carboxylic acid groups (broad SMARTS) is 6. The molecule has 0 fully saturated rings. The SMILES string of the molecule is CC(O)C(=O)OC(=O)C(O)CC(=O)OP(=O)(O)OP(=O)(O)O.O=C(O)CC(O)(CC(=O)OC(C(=O)O)C(OC(=O)CC(O)(CC(=O)O)C(=O)O)C(=O)O)C(=O)O.[NaH].[NaH].[NaH].[NaH].[NaH].[NaH]. The number of aliphatic hydroxyl groups excluding tert-OH is 2. The number of rotatable bonds is 22. The molecule has 39 heteroatoms. The first-order valence-corrected chi connectivity index (χ1v) is 16.7. The number of aliphatic carboxylic acids is 6.